The molecule has 0 saturated carbocycles. The van der Waals surface area contributed by atoms with Gasteiger partial charge < -0.3 is 15.0 Å². The van der Waals surface area contributed by atoms with E-state index >= 15 is 0 Å². The number of nitrogens with zero attached hydrogens (tertiary/aromatic N) is 3. The average Bonchev–Trinajstić information content (AvgIpc) is 2.73. The summed E-state index contributed by atoms with van der Waals surface area (Å²) in [5, 5.41) is 3.82. The van der Waals surface area contributed by atoms with E-state index in [-0.39, 0.29) is 17.5 Å². The molecule has 0 aliphatic carbocycles. The van der Waals surface area contributed by atoms with Gasteiger partial charge in [-0.3, -0.25) is 4.79 Å². The van der Waals surface area contributed by atoms with Crippen molar-refractivity contribution in [3.63, 3.8) is 0 Å². The van der Waals surface area contributed by atoms with Crippen molar-refractivity contribution >= 4 is 39.9 Å². The van der Waals surface area contributed by atoms with Crippen molar-refractivity contribution in [1.29, 1.82) is 0 Å². The Balaban J connectivity index is 1.76. The number of carbonyl (C=O) groups is 1. The second-order valence-electron chi connectivity index (χ2n) is 6.14. The minimum absolute atomic E-state index is 0.0612. The zero-order valence-corrected chi connectivity index (χ0v) is 15.5. The van der Waals surface area contributed by atoms with Crippen LogP contribution >= 0.6 is 11.6 Å². The van der Waals surface area contributed by atoms with E-state index in [1.807, 2.05) is 0 Å². The SMILES string of the molecule is C=CC(=O)N1CCOc2c1ccc1ncnc(NCc3cccc(Cl)c3F)c21. The van der Waals surface area contributed by atoms with Gasteiger partial charge in [0.25, 0.3) is 5.91 Å². The van der Waals surface area contributed by atoms with Gasteiger partial charge in [0, 0.05) is 12.1 Å². The van der Waals surface area contributed by atoms with Gasteiger partial charge in [-0.05, 0) is 24.3 Å². The number of ether oxygens (including phenoxy) is 1. The van der Waals surface area contributed by atoms with Crippen molar-refractivity contribution < 1.29 is 13.9 Å². The molecule has 2 heterocycles. The van der Waals surface area contributed by atoms with Crippen LogP contribution in [0.1, 0.15) is 5.56 Å². The van der Waals surface area contributed by atoms with Crippen LogP contribution in [0, 0.1) is 5.82 Å². The molecule has 0 radical (unpaired) electrons. The van der Waals surface area contributed by atoms with Crippen LogP contribution in [-0.4, -0.2) is 29.0 Å². The zero-order chi connectivity index (χ0) is 19.7. The van der Waals surface area contributed by atoms with Crippen LogP contribution in [0.5, 0.6) is 5.75 Å². The van der Waals surface area contributed by atoms with Crippen LogP contribution in [0.4, 0.5) is 15.9 Å². The molecule has 142 valence electrons. The Labute approximate surface area is 165 Å². The van der Waals surface area contributed by atoms with Gasteiger partial charge >= 0.3 is 0 Å². The predicted octanol–water partition coefficient (Wildman–Crippen LogP) is 3.95. The summed E-state index contributed by atoms with van der Waals surface area (Å²) in [7, 11) is 0. The highest BCUT2D eigenvalue weighted by Gasteiger charge is 2.25. The first kappa shape index (κ1) is 18.2. The Hall–Kier alpha value is -3.19. The van der Waals surface area contributed by atoms with Gasteiger partial charge in [-0.2, -0.15) is 0 Å². The summed E-state index contributed by atoms with van der Waals surface area (Å²) < 4.78 is 20.0. The van der Waals surface area contributed by atoms with E-state index in [2.05, 4.69) is 21.9 Å². The number of anilines is 2. The topological polar surface area (TPSA) is 67.4 Å². The molecule has 0 bridgehead atoms. The van der Waals surface area contributed by atoms with E-state index in [9.17, 15) is 9.18 Å². The zero-order valence-electron chi connectivity index (χ0n) is 14.8. The molecule has 1 aliphatic rings. The fourth-order valence-corrected chi connectivity index (χ4v) is 3.36. The molecule has 2 aromatic carbocycles. The lowest BCUT2D eigenvalue weighted by Gasteiger charge is -2.29. The maximum absolute atomic E-state index is 14.2. The largest absolute Gasteiger partial charge is 0.489 e. The van der Waals surface area contributed by atoms with E-state index in [1.54, 1.807) is 29.2 Å². The number of hydrogen-bond donors (Lipinski definition) is 1. The molecule has 0 spiro atoms. The van der Waals surface area contributed by atoms with Gasteiger partial charge in [0.1, 0.15) is 24.6 Å². The molecule has 1 amide bonds. The van der Waals surface area contributed by atoms with Crippen LogP contribution in [0.2, 0.25) is 5.02 Å². The van der Waals surface area contributed by atoms with Gasteiger partial charge in [-0.1, -0.05) is 30.3 Å². The Kier molecular flexibility index (Phi) is 4.83. The molecule has 1 aromatic heterocycles. The molecule has 0 fully saturated rings. The Bertz CT molecular complexity index is 1090. The standard InChI is InChI=1S/C20H16ClFN4O2/c1-2-16(27)26-8-9-28-19-15(26)7-6-14-17(19)20(25-11-24-14)23-10-12-4-3-5-13(21)18(12)22/h2-7,11H,1,8-10H2,(H,23,24,25). The molecule has 1 N–H and O–H groups in total. The van der Waals surface area contributed by atoms with Gasteiger partial charge in [-0.25, -0.2) is 14.4 Å². The average molecular weight is 399 g/mol. The smallest absolute Gasteiger partial charge is 0.250 e. The van der Waals surface area contributed by atoms with E-state index in [0.29, 0.717) is 46.9 Å². The summed E-state index contributed by atoms with van der Waals surface area (Å²) in [5.41, 5.74) is 1.68. The van der Waals surface area contributed by atoms with Gasteiger partial charge in [0.2, 0.25) is 0 Å². The van der Waals surface area contributed by atoms with Crippen LogP contribution in [0.15, 0.2) is 49.3 Å². The third-order valence-corrected chi connectivity index (χ3v) is 4.80. The number of carbonyl (C=O) groups excluding carboxylic acids is 1. The third kappa shape index (κ3) is 3.14. The Morgan fingerprint density at radius 3 is 3.04 bits per heavy atom. The van der Waals surface area contributed by atoms with Gasteiger partial charge in [-0.15, -0.1) is 0 Å². The lowest BCUT2D eigenvalue weighted by molar-refractivity contribution is -0.114. The molecule has 8 heteroatoms. The fraction of sp³-hybridized carbons (Fsp3) is 0.150. The first-order valence-corrected chi connectivity index (χ1v) is 8.99. The fourth-order valence-electron chi connectivity index (χ4n) is 3.17. The maximum Gasteiger partial charge on any atom is 0.250 e. The normalized spacial score (nSPS) is 13.0. The van der Waals surface area contributed by atoms with E-state index in [1.165, 1.54) is 18.5 Å². The molecule has 3 aromatic rings. The Morgan fingerprint density at radius 1 is 1.36 bits per heavy atom. The quantitative estimate of drug-likeness (QED) is 0.674. The van der Waals surface area contributed by atoms with Crippen LogP contribution in [0.25, 0.3) is 10.9 Å². The number of aromatic nitrogens is 2. The molecule has 1 aliphatic heterocycles. The van der Waals surface area contributed by atoms with E-state index in [4.69, 9.17) is 16.3 Å². The third-order valence-electron chi connectivity index (χ3n) is 4.51. The van der Waals surface area contributed by atoms with Crippen molar-refractivity contribution in [3.05, 3.63) is 65.7 Å². The maximum atomic E-state index is 14.2. The van der Waals surface area contributed by atoms with Gasteiger partial charge in [0.15, 0.2) is 5.75 Å². The first-order chi connectivity index (χ1) is 13.6. The monoisotopic (exact) mass is 398 g/mol. The molecule has 0 unspecified atom stereocenters. The highest BCUT2D eigenvalue weighted by Crippen LogP contribution is 2.40. The minimum atomic E-state index is -0.476. The number of benzene rings is 2. The van der Waals surface area contributed by atoms with Crippen LogP contribution < -0.4 is 15.0 Å². The molecule has 4 rings (SSSR count). The Morgan fingerprint density at radius 2 is 2.21 bits per heavy atom. The van der Waals surface area contributed by atoms with E-state index < -0.39 is 5.82 Å². The second-order valence-corrected chi connectivity index (χ2v) is 6.55. The molecular formula is C20H16ClFN4O2. The molecule has 0 saturated heterocycles. The number of halogens is 2. The summed E-state index contributed by atoms with van der Waals surface area (Å²) in [6.07, 6.45) is 2.68. The van der Waals surface area contributed by atoms with E-state index in [0.717, 1.165) is 0 Å². The highest BCUT2D eigenvalue weighted by molar-refractivity contribution is 6.30. The number of fused-ring (bicyclic) bond motifs is 3. The predicted molar refractivity (Wildman–Crippen MR) is 106 cm³/mol. The summed E-state index contributed by atoms with van der Waals surface area (Å²) in [6, 6.07) is 8.40. The summed E-state index contributed by atoms with van der Waals surface area (Å²) in [5.74, 6) is 0.301. The minimum Gasteiger partial charge on any atom is -0.489 e. The van der Waals surface area contributed by atoms with Crippen molar-refractivity contribution in [2.45, 2.75) is 6.54 Å². The van der Waals surface area contributed by atoms with Crippen molar-refractivity contribution in [3.8, 4) is 5.75 Å². The summed E-state index contributed by atoms with van der Waals surface area (Å²) in [4.78, 5) is 22.3. The lowest BCUT2D eigenvalue weighted by atomic mass is 10.1. The lowest BCUT2D eigenvalue weighted by Crippen LogP contribution is -2.36. The molecule has 0 atom stereocenters. The van der Waals surface area contributed by atoms with Crippen molar-refractivity contribution in [2.75, 3.05) is 23.4 Å². The number of rotatable bonds is 4. The summed E-state index contributed by atoms with van der Waals surface area (Å²) in [6.45, 7) is 4.49. The van der Waals surface area contributed by atoms with Gasteiger partial charge in [0.05, 0.1) is 28.2 Å². The number of amides is 1. The van der Waals surface area contributed by atoms with Crippen LogP contribution in [0.3, 0.4) is 0 Å². The number of nitrogens with one attached hydrogen (secondary N) is 1. The van der Waals surface area contributed by atoms with Crippen molar-refractivity contribution in [1.82, 2.24) is 9.97 Å². The molecular weight excluding hydrogens is 383 g/mol. The summed E-state index contributed by atoms with van der Waals surface area (Å²) >= 11 is 5.85. The molecule has 28 heavy (non-hydrogen) atoms. The molecule has 6 nitrogen and oxygen atoms in total. The van der Waals surface area contributed by atoms with Crippen molar-refractivity contribution in [2.24, 2.45) is 0 Å². The van der Waals surface area contributed by atoms with Crippen LogP contribution in [-0.2, 0) is 11.3 Å². The first-order valence-electron chi connectivity index (χ1n) is 8.61. The second kappa shape index (κ2) is 7.44. The number of hydrogen-bond acceptors (Lipinski definition) is 5. The highest BCUT2D eigenvalue weighted by atomic mass is 35.5.